The fourth-order valence-corrected chi connectivity index (χ4v) is 2.87. The first-order chi connectivity index (χ1) is 5.26. The van der Waals surface area contributed by atoms with E-state index in [0.717, 1.165) is 11.5 Å². The van der Waals surface area contributed by atoms with Gasteiger partial charge in [0.1, 0.15) is 0 Å². The molecule has 64 valence electrons. The lowest BCUT2D eigenvalue weighted by Crippen LogP contribution is -2.33. The van der Waals surface area contributed by atoms with Crippen LogP contribution in [0.3, 0.4) is 0 Å². The van der Waals surface area contributed by atoms with Crippen molar-refractivity contribution in [2.75, 3.05) is 13.1 Å². The summed E-state index contributed by atoms with van der Waals surface area (Å²) < 4.78 is 0. The molecule has 1 nitrogen and oxygen atoms in total. The Hall–Kier alpha value is -0.0400. The molecule has 2 aliphatic rings. The lowest BCUT2D eigenvalue weighted by molar-refractivity contribution is 0.140. The number of likely N-dealkylation sites (tertiary alicyclic amines) is 1. The molecule has 0 bridgehead atoms. The lowest BCUT2D eigenvalue weighted by Gasteiger charge is -2.38. The van der Waals surface area contributed by atoms with Crippen LogP contribution < -0.4 is 0 Å². The third kappa shape index (κ3) is 1.10. The van der Waals surface area contributed by atoms with Gasteiger partial charge in [-0.05, 0) is 38.1 Å². The molecule has 1 heteroatoms. The summed E-state index contributed by atoms with van der Waals surface area (Å²) in [6, 6.07) is 0.861. The molecule has 0 radical (unpaired) electrons. The normalized spacial score (nSPS) is 36.0. The minimum atomic E-state index is 0.787. The van der Waals surface area contributed by atoms with E-state index in [1.807, 2.05) is 0 Å². The number of hydrogen-bond donors (Lipinski definition) is 0. The van der Waals surface area contributed by atoms with Gasteiger partial charge in [0.15, 0.2) is 0 Å². The van der Waals surface area contributed by atoms with Crippen LogP contribution in [0.2, 0.25) is 0 Å². The van der Waals surface area contributed by atoms with Crippen LogP contribution in [0.15, 0.2) is 0 Å². The number of nitrogens with zero attached hydrogens (tertiary/aromatic N) is 1. The van der Waals surface area contributed by atoms with Crippen molar-refractivity contribution in [3.63, 3.8) is 0 Å². The third-order valence-corrected chi connectivity index (χ3v) is 3.71. The van der Waals surface area contributed by atoms with Crippen LogP contribution in [-0.4, -0.2) is 24.0 Å². The van der Waals surface area contributed by atoms with E-state index < -0.39 is 0 Å². The predicted octanol–water partition coefficient (Wildman–Crippen LogP) is 2.27. The van der Waals surface area contributed by atoms with E-state index in [1.165, 1.54) is 38.8 Å². The molecule has 1 heterocycles. The SMILES string of the molecule is CCN1CC2(CCC2)C[C@H]1C. The van der Waals surface area contributed by atoms with Gasteiger partial charge in [-0.1, -0.05) is 13.3 Å². The molecule has 1 saturated heterocycles. The summed E-state index contributed by atoms with van der Waals surface area (Å²) in [6.45, 7) is 7.32. The maximum atomic E-state index is 2.64. The molecule has 0 amide bonds. The molecule has 2 fully saturated rings. The molecule has 0 unspecified atom stereocenters. The topological polar surface area (TPSA) is 3.24 Å². The fraction of sp³-hybridized carbons (Fsp3) is 1.00. The van der Waals surface area contributed by atoms with Crippen LogP contribution >= 0.6 is 0 Å². The second-order valence-corrected chi connectivity index (χ2v) is 4.47. The largest absolute Gasteiger partial charge is 0.300 e. The summed E-state index contributed by atoms with van der Waals surface area (Å²) in [5.74, 6) is 0. The molecule has 0 aromatic rings. The van der Waals surface area contributed by atoms with Gasteiger partial charge in [-0.15, -0.1) is 0 Å². The second kappa shape index (κ2) is 2.48. The van der Waals surface area contributed by atoms with Gasteiger partial charge in [-0.3, -0.25) is 0 Å². The summed E-state index contributed by atoms with van der Waals surface area (Å²) >= 11 is 0. The quantitative estimate of drug-likeness (QED) is 0.558. The van der Waals surface area contributed by atoms with Gasteiger partial charge < -0.3 is 4.90 Å². The zero-order valence-electron chi connectivity index (χ0n) is 7.77. The van der Waals surface area contributed by atoms with Crippen molar-refractivity contribution in [3.05, 3.63) is 0 Å². The Balaban J connectivity index is 1.99. The maximum absolute atomic E-state index is 2.64. The first-order valence-electron chi connectivity index (χ1n) is 5.00. The smallest absolute Gasteiger partial charge is 0.00728 e. The Bertz CT molecular complexity index is 149. The predicted molar refractivity (Wildman–Crippen MR) is 47.6 cm³/mol. The van der Waals surface area contributed by atoms with E-state index in [9.17, 15) is 0 Å². The first kappa shape index (κ1) is 7.60. The minimum absolute atomic E-state index is 0.787. The van der Waals surface area contributed by atoms with Crippen molar-refractivity contribution in [1.29, 1.82) is 0 Å². The molecule has 1 atom stereocenters. The van der Waals surface area contributed by atoms with Crippen molar-refractivity contribution < 1.29 is 0 Å². The van der Waals surface area contributed by atoms with Gasteiger partial charge >= 0.3 is 0 Å². The van der Waals surface area contributed by atoms with Crippen molar-refractivity contribution >= 4 is 0 Å². The van der Waals surface area contributed by atoms with E-state index in [0.29, 0.717) is 0 Å². The Morgan fingerprint density at radius 2 is 2.18 bits per heavy atom. The summed E-state index contributed by atoms with van der Waals surface area (Å²) in [6.07, 6.45) is 5.98. The molecule has 0 aromatic heterocycles. The third-order valence-electron chi connectivity index (χ3n) is 3.71. The van der Waals surface area contributed by atoms with E-state index >= 15 is 0 Å². The standard InChI is InChI=1S/C10H19N/c1-3-11-8-10(5-4-6-10)7-9(11)2/h9H,3-8H2,1-2H3/t9-/m1/s1. The van der Waals surface area contributed by atoms with Crippen LogP contribution in [0, 0.1) is 5.41 Å². The summed E-state index contributed by atoms with van der Waals surface area (Å²) in [4.78, 5) is 2.64. The highest BCUT2D eigenvalue weighted by Gasteiger charge is 2.45. The van der Waals surface area contributed by atoms with Crippen molar-refractivity contribution in [1.82, 2.24) is 4.90 Å². The molecule has 1 aliphatic heterocycles. The average molecular weight is 153 g/mol. The summed E-state index contributed by atoms with van der Waals surface area (Å²) in [5, 5.41) is 0. The fourth-order valence-electron chi connectivity index (χ4n) is 2.87. The second-order valence-electron chi connectivity index (χ2n) is 4.47. The number of rotatable bonds is 1. The minimum Gasteiger partial charge on any atom is -0.300 e. The Labute approximate surface area is 69.8 Å². The van der Waals surface area contributed by atoms with Gasteiger partial charge in [0, 0.05) is 12.6 Å². The molecule has 11 heavy (non-hydrogen) atoms. The van der Waals surface area contributed by atoms with Gasteiger partial charge in [0.2, 0.25) is 0 Å². The van der Waals surface area contributed by atoms with Crippen LogP contribution in [0.1, 0.15) is 39.5 Å². The Kier molecular flexibility index (Phi) is 1.71. The molecule has 0 aromatic carbocycles. The van der Waals surface area contributed by atoms with Crippen molar-refractivity contribution in [2.45, 2.75) is 45.6 Å². The van der Waals surface area contributed by atoms with Crippen molar-refractivity contribution in [2.24, 2.45) is 5.41 Å². The summed E-state index contributed by atoms with van der Waals surface area (Å²) in [7, 11) is 0. The van der Waals surface area contributed by atoms with Crippen molar-refractivity contribution in [3.8, 4) is 0 Å². The zero-order valence-corrected chi connectivity index (χ0v) is 7.77. The maximum Gasteiger partial charge on any atom is 0.00728 e. The van der Waals surface area contributed by atoms with Gasteiger partial charge in [-0.2, -0.15) is 0 Å². The monoisotopic (exact) mass is 153 g/mol. The molecule has 1 spiro atoms. The van der Waals surface area contributed by atoms with Gasteiger partial charge in [-0.25, -0.2) is 0 Å². The highest BCUT2D eigenvalue weighted by molar-refractivity contribution is 4.98. The van der Waals surface area contributed by atoms with Gasteiger partial charge in [0.25, 0.3) is 0 Å². The van der Waals surface area contributed by atoms with E-state index in [4.69, 9.17) is 0 Å². The molecule has 1 aliphatic carbocycles. The number of hydrogen-bond acceptors (Lipinski definition) is 1. The van der Waals surface area contributed by atoms with E-state index in [2.05, 4.69) is 18.7 Å². The van der Waals surface area contributed by atoms with E-state index in [-0.39, 0.29) is 0 Å². The molecular formula is C10H19N. The Morgan fingerprint density at radius 3 is 2.45 bits per heavy atom. The molecule has 2 rings (SSSR count). The van der Waals surface area contributed by atoms with Crippen LogP contribution in [0.25, 0.3) is 0 Å². The van der Waals surface area contributed by atoms with Crippen LogP contribution in [-0.2, 0) is 0 Å². The average Bonchev–Trinajstić information content (AvgIpc) is 2.26. The highest BCUT2D eigenvalue weighted by Crippen LogP contribution is 2.49. The Morgan fingerprint density at radius 1 is 1.45 bits per heavy atom. The lowest BCUT2D eigenvalue weighted by atomic mass is 9.68. The first-order valence-corrected chi connectivity index (χ1v) is 5.00. The van der Waals surface area contributed by atoms with Crippen LogP contribution in [0.4, 0.5) is 0 Å². The van der Waals surface area contributed by atoms with Gasteiger partial charge in [0.05, 0.1) is 0 Å². The summed E-state index contributed by atoms with van der Waals surface area (Å²) in [5.41, 5.74) is 0.787. The van der Waals surface area contributed by atoms with E-state index in [1.54, 1.807) is 0 Å². The molecule has 0 N–H and O–H groups in total. The highest BCUT2D eigenvalue weighted by atomic mass is 15.2. The molecular weight excluding hydrogens is 134 g/mol. The molecule has 1 saturated carbocycles. The van der Waals surface area contributed by atoms with Crippen LogP contribution in [0.5, 0.6) is 0 Å². The zero-order chi connectivity index (χ0) is 7.90.